The van der Waals surface area contributed by atoms with Gasteiger partial charge in [0.05, 0.1) is 6.61 Å². The molecule has 1 aromatic rings. The van der Waals surface area contributed by atoms with Crippen molar-refractivity contribution in [1.82, 2.24) is 0 Å². The van der Waals surface area contributed by atoms with Gasteiger partial charge >= 0.3 is 0 Å². The van der Waals surface area contributed by atoms with Crippen molar-refractivity contribution < 1.29 is 14.6 Å². The van der Waals surface area contributed by atoms with Gasteiger partial charge in [-0.25, -0.2) is 4.39 Å². The number of aliphatic hydroxyl groups excluding tert-OH is 1. The lowest BCUT2D eigenvalue weighted by atomic mass is 10.1. The van der Waals surface area contributed by atoms with E-state index in [2.05, 4.69) is 5.32 Å². The highest BCUT2D eigenvalue weighted by atomic mass is 19.1. The summed E-state index contributed by atoms with van der Waals surface area (Å²) in [6.45, 7) is 1.22. The monoisotopic (exact) mass is 214 g/mol. The summed E-state index contributed by atoms with van der Waals surface area (Å²) in [5.41, 5.74) is 4.98. The first-order valence-electron chi connectivity index (χ1n) is 4.56. The van der Waals surface area contributed by atoms with Crippen molar-refractivity contribution in [2.24, 2.45) is 0 Å². The maximum Gasteiger partial charge on any atom is 0.127 e. The molecule has 0 saturated carbocycles. The number of hydrogen-bond donors (Lipinski definition) is 4. The predicted molar refractivity (Wildman–Crippen MR) is 57.0 cm³/mol. The average Bonchev–Trinajstić information content (AvgIpc) is 2.14. The minimum atomic E-state index is -1.24. The Morgan fingerprint density at radius 1 is 1.47 bits per heavy atom. The molecule has 0 fully saturated rings. The van der Waals surface area contributed by atoms with E-state index in [0.717, 1.165) is 0 Å². The van der Waals surface area contributed by atoms with Gasteiger partial charge in [0.25, 0.3) is 0 Å². The number of aliphatic hydroxyl groups is 2. The fourth-order valence-corrected chi connectivity index (χ4v) is 1.06. The van der Waals surface area contributed by atoms with Gasteiger partial charge in [-0.3, -0.25) is 0 Å². The lowest BCUT2D eigenvalue weighted by Gasteiger charge is -2.21. The number of rotatable bonds is 4. The molecule has 1 rings (SSSR count). The van der Waals surface area contributed by atoms with Crippen LogP contribution in [0.5, 0.6) is 0 Å². The Hall–Kier alpha value is -1.33. The molecule has 0 bridgehead atoms. The molecular formula is C10H15FN2O2. The molecule has 0 aliphatic carbocycles. The molecule has 0 aromatic heterocycles. The second-order valence-electron chi connectivity index (χ2n) is 3.78. The average molecular weight is 214 g/mol. The summed E-state index contributed by atoms with van der Waals surface area (Å²) in [5.74, 6) is -0.443. The van der Waals surface area contributed by atoms with Crippen molar-refractivity contribution in [3.05, 3.63) is 24.0 Å². The van der Waals surface area contributed by atoms with Crippen molar-refractivity contribution >= 4 is 11.4 Å². The number of halogens is 1. The summed E-state index contributed by atoms with van der Waals surface area (Å²) in [6.07, 6.45) is 0. The second kappa shape index (κ2) is 4.46. The predicted octanol–water partition coefficient (Wildman–Crippen LogP) is 0.563. The Kier molecular flexibility index (Phi) is 3.49. The number of anilines is 2. The molecule has 0 radical (unpaired) electrons. The van der Waals surface area contributed by atoms with Gasteiger partial charge in [0.2, 0.25) is 0 Å². The molecular weight excluding hydrogens is 199 g/mol. The van der Waals surface area contributed by atoms with E-state index >= 15 is 0 Å². The number of benzene rings is 1. The van der Waals surface area contributed by atoms with Crippen molar-refractivity contribution in [2.75, 3.05) is 24.2 Å². The minimum absolute atomic E-state index is 0.117. The molecule has 4 nitrogen and oxygen atoms in total. The normalized spacial score (nSPS) is 14.7. The van der Waals surface area contributed by atoms with E-state index in [0.29, 0.717) is 11.4 Å². The zero-order valence-electron chi connectivity index (χ0n) is 8.50. The number of nitrogens with two attached hydrogens (primary N) is 1. The molecule has 1 aromatic carbocycles. The molecule has 0 amide bonds. The van der Waals surface area contributed by atoms with E-state index in [4.69, 9.17) is 10.8 Å². The summed E-state index contributed by atoms with van der Waals surface area (Å²) in [7, 11) is 0. The van der Waals surface area contributed by atoms with E-state index in [1.165, 1.54) is 19.1 Å². The van der Waals surface area contributed by atoms with E-state index in [1.807, 2.05) is 0 Å². The summed E-state index contributed by atoms with van der Waals surface area (Å²) < 4.78 is 12.9. The third kappa shape index (κ3) is 3.73. The topological polar surface area (TPSA) is 78.5 Å². The van der Waals surface area contributed by atoms with Crippen LogP contribution in [-0.4, -0.2) is 29.0 Å². The van der Waals surface area contributed by atoms with Gasteiger partial charge in [-0.2, -0.15) is 0 Å². The van der Waals surface area contributed by atoms with Gasteiger partial charge in [0.15, 0.2) is 0 Å². The van der Waals surface area contributed by atoms with Crippen molar-refractivity contribution in [3.63, 3.8) is 0 Å². The van der Waals surface area contributed by atoms with Crippen LogP contribution < -0.4 is 11.1 Å². The quantitative estimate of drug-likeness (QED) is 0.552. The zero-order chi connectivity index (χ0) is 11.5. The minimum Gasteiger partial charge on any atom is -0.399 e. The Bertz CT molecular complexity index is 322. The lowest BCUT2D eigenvalue weighted by Crippen LogP contribution is -2.37. The van der Waals surface area contributed by atoms with Gasteiger partial charge in [-0.05, 0) is 25.1 Å². The Balaban J connectivity index is 2.65. The summed E-state index contributed by atoms with van der Waals surface area (Å²) in [4.78, 5) is 0. The third-order valence-corrected chi connectivity index (χ3v) is 1.93. The molecule has 0 saturated heterocycles. The highest BCUT2D eigenvalue weighted by molar-refractivity contribution is 5.54. The second-order valence-corrected chi connectivity index (χ2v) is 3.78. The van der Waals surface area contributed by atoms with E-state index in [-0.39, 0.29) is 13.2 Å². The van der Waals surface area contributed by atoms with Crippen LogP contribution in [0.1, 0.15) is 6.92 Å². The maximum absolute atomic E-state index is 12.9. The van der Waals surface area contributed by atoms with Gasteiger partial charge in [-0.1, -0.05) is 0 Å². The maximum atomic E-state index is 12.9. The molecule has 1 atom stereocenters. The van der Waals surface area contributed by atoms with E-state index in [1.54, 1.807) is 6.07 Å². The lowest BCUT2D eigenvalue weighted by molar-refractivity contribution is 0.0132. The fourth-order valence-electron chi connectivity index (χ4n) is 1.06. The Morgan fingerprint density at radius 2 is 2.13 bits per heavy atom. The summed E-state index contributed by atoms with van der Waals surface area (Å²) in [6, 6.07) is 4.02. The molecule has 15 heavy (non-hydrogen) atoms. The summed E-state index contributed by atoms with van der Waals surface area (Å²) >= 11 is 0. The van der Waals surface area contributed by atoms with Crippen LogP contribution in [0, 0.1) is 5.82 Å². The molecule has 5 N–H and O–H groups in total. The number of nitrogens with one attached hydrogen (secondary N) is 1. The molecule has 0 aliphatic rings. The van der Waals surface area contributed by atoms with Crippen LogP contribution in [0.15, 0.2) is 18.2 Å². The standard InChI is InChI=1S/C10H15FN2O2/c1-10(15,6-14)5-13-9-3-7(11)2-8(12)4-9/h2-4,13-15H,5-6,12H2,1H3. The largest absolute Gasteiger partial charge is 0.399 e. The van der Waals surface area contributed by atoms with Crippen molar-refractivity contribution in [2.45, 2.75) is 12.5 Å². The molecule has 0 spiro atoms. The molecule has 1 unspecified atom stereocenters. The van der Waals surface area contributed by atoms with Gasteiger partial charge in [0, 0.05) is 17.9 Å². The van der Waals surface area contributed by atoms with Crippen molar-refractivity contribution in [1.29, 1.82) is 0 Å². The molecule has 5 heteroatoms. The molecule has 0 aliphatic heterocycles. The van der Waals surface area contributed by atoms with Gasteiger partial charge in [0.1, 0.15) is 11.4 Å². The number of nitrogen functional groups attached to an aromatic ring is 1. The third-order valence-electron chi connectivity index (χ3n) is 1.93. The number of hydrogen-bond acceptors (Lipinski definition) is 4. The Morgan fingerprint density at radius 3 is 2.67 bits per heavy atom. The zero-order valence-corrected chi connectivity index (χ0v) is 8.50. The highest BCUT2D eigenvalue weighted by Crippen LogP contribution is 2.16. The SMILES string of the molecule is CC(O)(CO)CNc1cc(N)cc(F)c1. The molecule has 84 valence electrons. The van der Waals surface area contributed by atoms with Gasteiger partial charge in [-0.15, -0.1) is 0 Å². The highest BCUT2D eigenvalue weighted by Gasteiger charge is 2.18. The van der Waals surface area contributed by atoms with Crippen LogP contribution in [0.3, 0.4) is 0 Å². The van der Waals surface area contributed by atoms with E-state index < -0.39 is 11.4 Å². The van der Waals surface area contributed by atoms with Crippen LogP contribution in [-0.2, 0) is 0 Å². The summed E-state index contributed by atoms with van der Waals surface area (Å²) in [5, 5.41) is 21.1. The van der Waals surface area contributed by atoms with Crippen LogP contribution >= 0.6 is 0 Å². The molecule has 0 heterocycles. The first-order chi connectivity index (χ1) is 6.93. The van der Waals surface area contributed by atoms with E-state index in [9.17, 15) is 9.50 Å². The van der Waals surface area contributed by atoms with Crippen molar-refractivity contribution in [3.8, 4) is 0 Å². The fraction of sp³-hybridized carbons (Fsp3) is 0.400. The van der Waals surface area contributed by atoms with Gasteiger partial charge < -0.3 is 21.3 Å². The Labute approximate surface area is 87.5 Å². The first kappa shape index (κ1) is 11.7. The smallest absolute Gasteiger partial charge is 0.127 e. The van der Waals surface area contributed by atoms with Crippen LogP contribution in [0.2, 0.25) is 0 Å². The van der Waals surface area contributed by atoms with Crippen LogP contribution in [0.25, 0.3) is 0 Å². The van der Waals surface area contributed by atoms with Crippen LogP contribution in [0.4, 0.5) is 15.8 Å². The first-order valence-corrected chi connectivity index (χ1v) is 4.56.